The Balaban J connectivity index is 2.29. The van der Waals surface area contributed by atoms with Gasteiger partial charge in [0.2, 0.25) is 0 Å². The summed E-state index contributed by atoms with van der Waals surface area (Å²) >= 11 is 0. The van der Waals surface area contributed by atoms with Crippen LogP contribution < -0.4 is 0 Å². The summed E-state index contributed by atoms with van der Waals surface area (Å²) in [6.07, 6.45) is 0.773. The Hall–Kier alpha value is -0.160. The van der Waals surface area contributed by atoms with Crippen LogP contribution in [0.5, 0.6) is 0 Å². The summed E-state index contributed by atoms with van der Waals surface area (Å²) in [4.78, 5) is 0. The molecule has 12 heavy (non-hydrogen) atoms. The summed E-state index contributed by atoms with van der Waals surface area (Å²) in [5.41, 5.74) is 0. The van der Waals surface area contributed by atoms with E-state index in [1.807, 2.05) is 0 Å². The molecule has 1 heterocycles. The number of rotatable bonds is 2. The summed E-state index contributed by atoms with van der Waals surface area (Å²) in [5.74, 6) is 0. The smallest absolute Gasteiger partial charge is 0.109 e. The van der Waals surface area contributed by atoms with Crippen LogP contribution in [0.1, 0.15) is 12.8 Å². The minimum atomic E-state index is -0.817. The van der Waals surface area contributed by atoms with Crippen LogP contribution in [0.25, 0.3) is 0 Å². The van der Waals surface area contributed by atoms with Crippen molar-refractivity contribution >= 4 is 0 Å². The lowest BCUT2D eigenvalue weighted by Gasteiger charge is -2.23. The van der Waals surface area contributed by atoms with E-state index in [4.69, 9.17) is 14.6 Å². The van der Waals surface area contributed by atoms with Gasteiger partial charge in [0.25, 0.3) is 0 Å². The van der Waals surface area contributed by atoms with Gasteiger partial charge in [-0.25, -0.2) is 0 Å². The molecular weight excluding hydrogens is 160 g/mol. The third-order valence-corrected chi connectivity index (χ3v) is 1.91. The number of hydrogen-bond donors (Lipinski definition) is 2. The highest BCUT2D eigenvalue weighted by Crippen LogP contribution is 2.06. The van der Waals surface area contributed by atoms with Crippen molar-refractivity contribution in [2.24, 2.45) is 0 Å². The van der Waals surface area contributed by atoms with E-state index in [1.165, 1.54) is 0 Å². The Labute approximate surface area is 72.1 Å². The average Bonchev–Trinajstić information content (AvgIpc) is 2.02. The number of aliphatic hydroxyl groups is 2. The monoisotopic (exact) mass is 176 g/mol. The predicted molar refractivity (Wildman–Crippen MR) is 42.9 cm³/mol. The van der Waals surface area contributed by atoms with E-state index in [2.05, 4.69) is 0 Å². The molecule has 1 aliphatic heterocycles. The first-order chi connectivity index (χ1) is 5.84. The SMILES string of the molecule is OCC(O)C1COCCCCO1. The van der Waals surface area contributed by atoms with E-state index in [9.17, 15) is 5.11 Å². The van der Waals surface area contributed by atoms with Crippen LogP contribution in [0.2, 0.25) is 0 Å². The second-order valence-electron chi connectivity index (χ2n) is 2.94. The van der Waals surface area contributed by atoms with Gasteiger partial charge in [0.15, 0.2) is 0 Å². The van der Waals surface area contributed by atoms with Gasteiger partial charge in [-0.3, -0.25) is 0 Å². The van der Waals surface area contributed by atoms with Crippen molar-refractivity contribution in [1.82, 2.24) is 0 Å². The van der Waals surface area contributed by atoms with Gasteiger partial charge in [-0.05, 0) is 12.8 Å². The highest BCUT2D eigenvalue weighted by molar-refractivity contribution is 4.68. The Kier molecular flexibility index (Phi) is 4.53. The topological polar surface area (TPSA) is 58.9 Å². The quantitative estimate of drug-likeness (QED) is 0.597. The van der Waals surface area contributed by atoms with Crippen molar-refractivity contribution in [3.63, 3.8) is 0 Å². The third kappa shape index (κ3) is 3.06. The predicted octanol–water partition coefficient (Wildman–Crippen LogP) is -0.465. The van der Waals surface area contributed by atoms with E-state index >= 15 is 0 Å². The fourth-order valence-electron chi connectivity index (χ4n) is 1.13. The normalized spacial score (nSPS) is 29.0. The van der Waals surface area contributed by atoms with Crippen molar-refractivity contribution in [1.29, 1.82) is 0 Å². The lowest BCUT2D eigenvalue weighted by atomic mass is 10.2. The molecule has 0 spiro atoms. The molecule has 1 fully saturated rings. The minimum Gasteiger partial charge on any atom is -0.394 e. The molecule has 0 bridgehead atoms. The largest absolute Gasteiger partial charge is 0.394 e. The summed E-state index contributed by atoms with van der Waals surface area (Å²) in [5, 5.41) is 17.9. The molecule has 0 aromatic heterocycles. The van der Waals surface area contributed by atoms with Crippen LogP contribution in [0.4, 0.5) is 0 Å². The summed E-state index contributed by atoms with van der Waals surface area (Å²) < 4.78 is 10.5. The molecular formula is C8H16O4. The highest BCUT2D eigenvalue weighted by atomic mass is 16.5. The number of hydrogen-bond acceptors (Lipinski definition) is 4. The van der Waals surface area contributed by atoms with Crippen molar-refractivity contribution in [3.05, 3.63) is 0 Å². The molecule has 4 heteroatoms. The van der Waals surface area contributed by atoms with Crippen molar-refractivity contribution in [2.75, 3.05) is 26.4 Å². The van der Waals surface area contributed by atoms with Gasteiger partial charge in [-0.2, -0.15) is 0 Å². The van der Waals surface area contributed by atoms with Crippen LogP contribution in [0, 0.1) is 0 Å². The fraction of sp³-hybridized carbons (Fsp3) is 1.00. The van der Waals surface area contributed by atoms with Gasteiger partial charge in [0.1, 0.15) is 12.2 Å². The van der Waals surface area contributed by atoms with Crippen LogP contribution in [0.15, 0.2) is 0 Å². The Morgan fingerprint density at radius 3 is 2.83 bits per heavy atom. The average molecular weight is 176 g/mol. The summed E-state index contributed by atoms with van der Waals surface area (Å²) in [6.45, 7) is 1.47. The second-order valence-corrected chi connectivity index (χ2v) is 2.94. The fourth-order valence-corrected chi connectivity index (χ4v) is 1.13. The molecule has 0 radical (unpaired) electrons. The van der Waals surface area contributed by atoms with Crippen LogP contribution in [-0.2, 0) is 9.47 Å². The molecule has 2 atom stereocenters. The Morgan fingerprint density at radius 1 is 1.33 bits per heavy atom. The summed E-state index contributed by atoms with van der Waals surface area (Å²) in [6, 6.07) is 0. The van der Waals surface area contributed by atoms with E-state index in [0.717, 1.165) is 19.4 Å². The number of aliphatic hydroxyl groups excluding tert-OH is 2. The van der Waals surface area contributed by atoms with Crippen LogP contribution >= 0.6 is 0 Å². The van der Waals surface area contributed by atoms with Crippen molar-refractivity contribution in [3.8, 4) is 0 Å². The van der Waals surface area contributed by atoms with Gasteiger partial charge in [0.05, 0.1) is 13.2 Å². The zero-order valence-corrected chi connectivity index (χ0v) is 7.11. The molecule has 2 unspecified atom stereocenters. The van der Waals surface area contributed by atoms with E-state index in [1.54, 1.807) is 0 Å². The van der Waals surface area contributed by atoms with Gasteiger partial charge in [-0.15, -0.1) is 0 Å². The van der Waals surface area contributed by atoms with Crippen molar-refractivity contribution < 1.29 is 19.7 Å². The molecule has 0 amide bonds. The standard InChI is InChI=1S/C8H16O4/c9-5-7(10)8-6-11-3-1-2-4-12-8/h7-10H,1-6H2. The Bertz CT molecular complexity index is 110. The molecule has 0 aromatic rings. The first kappa shape index (κ1) is 9.92. The lowest BCUT2D eigenvalue weighted by molar-refractivity contribution is -0.104. The maximum absolute atomic E-state index is 9.24. The zero-order valence-electron chi connectivity index (χ0n) is 7.11. The van der Waals surface area contributed by atoms with E-state index in [0.29, 0.717) is 13.2 Å². The molecule has 72 valence electrons. The Morgan fingerprint density at radius 2 is 2.08 bits per heavy atom. The maximum atomic E-state index is 9.24. The van der Waals surface area contributed by atoms with Gasteiger partial charge < -0.3 is 19.7 Å². The molecule has 1 rings (SSSR count). The van der Waals surface area contributed by atoms with Crippen LogP contribution in [-0.4, -0.2) is 48.8 Å². The van der Waals surface area contributed by atoms with Gasteiger partial charge >= 0.3 is 0 Å². The maximum Gasteiger partial charge on any atom is 0.109 e. The minimum absolute atomic E-state index is 0.270. The van der Waals surface area contributed by atoms with Gasteiger partial charge in [0, 0.05) is 13.2 Å². The third-order valence-electron chi connectivity index (χ3n) is 1.91. The first-order valence-corrected chi connectivity index (χ1v) is 4.33. The molecule has 0 aromatic carbocycles. The van der Waals surface area contributed by atoms with Gasteiger partial charge in [-0.1, -0.05) is 0 Å². The van der Waals surface area contributed by atoms with Crippen molar-refractivity contribution in [2.45, 2.75) is 25.0 Å². The molecule has 4 nitrogen and oxygen atoms in total. The van der Waals surface area contributed by atoms with Crippen LogP contribution in [0.3, 0.4) is 0 Å². The molecule has 0 aliphatic carbocycles. The number of ether oxygens (including phenoxy) is 2. The highest BCUT2D eigenvalue weighted by Gasteiger charge is 2.20. The molecule has 1 saturated heterocycles. The first-order valence-electron chi connectivity index (χ1n) is 4.33. The molecule has 0 saturated carbocycles. The van der Waals surface area contributed by atoms with E-state index in [-0.39, 0.29) is 12.7 Å². The molecule has 1 aliphatic rings. The lowest BCUT2D eigenvalue weighted by Crippen LogP contribution is -2.37. The zero-order chi connectivity index (χ0) is 8.81. The summed E-state index contributed by atoms with van der Waals surface area (Å²) in [7, 11) is 0. The second kappa shape index (κ2) is 5.48. The van der Waals surface area contributed by atoms with E-state index < -0.39 is 6.10 Å². The molecule has 2 N–H and O–H groups in total.